The fourth-order valence-corrected chi connectivity index (χ4v) is 3.02. The molecule has 1 aliphatic rings. The fraction of sp³-hybridized carbons (Fsp3) is 0.208. The van der Waals surface area contributed by atoms with Crippen molar-refractivity contribution in [3.8, 4) is 29.1 Å². The highest BCUT2D eigenvalue weighted by Crippen LogP contribution is 2.38. The lowest BCUT2D eigenvalue weighted by atomic mass is 10.1. The van der Waals surface area contributed by atoms with E-state index in [1.54, 1.807) is 48.8 Å². The minimum Gasteiger partial charge on any atom is -0.493 e. The van der Waals surface area contributed by atoms with Crippen LogP contribution in [-0.4, -0.2) is 49.6 Å². The van der Waals surface area contributed by atoms with Crippen molar-refractivity contribution < 1.29 is 23.8 Å². The van der Waals surface area contributed by atoms with Crippen LogP contribution in [0, 0.1) is 11.8 Å². The molecule has 0 fully saturated rings. The molecule has 0 N–H and O–H groups in total. The van der Waals surface area contributed by atoms with Crippen molar-refractivity contribution in [3.63, 3.8) is 0 Å². The first-order valence-corrected chi connectivity index (χ1v) is 9.53. The summed E-state index contributed by atoms with van der Waals surface area (Å²) in [6.45, 7) is 0.301. The van der Waals surface area contributed by atoms with Gasteiger partial charge < -0.3 is 14.2 Å². The van der Waals surface area contributed by atoms with Crippen molar-refractivity contribution in [2.75, 3.05) is 27.9 Å². The molecule has 0 saturated heterocycles. The Labute approximate surface area is 180 Å². The molecule has 0 spiro atoms. The highest BCUT2D eigenvalue weighted by molar-refractivity contribution is 6.11. The predicted octanol–water partition coefficient (Wildman–Crippen LogP) is 2.86. The smallest absolute Gasteiger partial charge is 0.268 e. The third-order valence-corrected chi connectivity index (χ3v) is 4.55. The zero-order valence-corrected chi connectivity index (χ0v) is 17.5. The third-order valence-electron chi connectivity index (χ3n) is 4.55. The van der Waals surface area contributed by atoms with E-state index >= 15 is 0 Å². The summed E-state index contributed by atoms with van der Waals surface area (Å²) in [6, 6.07) is 7.00. The Bertz CT molecular complexity index is 1070. The van der Waals surface area contributed by atoms with E-state index in [0.717, 1.165) is 0 Å². The van der Waals surface area contributed by atoms with E-state index in [1.165, 1.54) is 32.3 Å². The average Bonchev–Trinajstić information content (AvgIpc) is 2.81. The van der Waals surface area contributed by atoms with Gasteiger partial charge in [0.15, 0.2) is 11.5 Å². The number of methoxy groups -OCH3 is 3. The van der Waals surface area contributed by atoms with Crippen molar-refractivity contribution in [1.82, 2.24) is 9.88 Å². The summed E-state index contributed by atoms with van der Waals surface area (Å²) in [5.41, 5.74) is 1.66. The fourth-order valence-electron chi connectivity index (χ4n) is 3.02. The van der Waals surface area contributed by atoms with Crippen LogP contribution in [0.1, 0.15) is 17.5 Å². The second kappa shape index (κ2) is 10.1. The van der Waals surface area contributed by atoms with Gasteiger partial charge in [0, 0.05) is 30.6 Å². The zero-order valence-electron chi connectivity index (χ0n) is 17.5. The molecule has 0 radical (unpaired) electrons. The zero-order chi connectivity index (χ0) is 22.2. The molecular weight excluding hydrogens is 396 g/mol. The van der Waals surface area contributed by atoms with E-state index in [9.17, 15) is 9.59 Å². The summed E-state index contributed by atoms with van der Waals surface area (Å²) in [5.74, 6) is 6.31. The SMILES string of the molecule is COc1cc(/C=C/C(=O)N2CCC=C(C#Cc3cccnc3)C2=O)cc(OC)c1OC. The van der Waals surface area contributed by atoms with Gasteiger partial charge in [-0.05, 0) is 42.3 Å². The number of nitrogens with zero attached hydrogens (tertiary/aromatic N) is 2. The van der Waals surface area contributed by atoms with Gasteiger partial charge in [-0.1, -0.05) is 17.9 Å². The molecule has 3 rings (SSSR count). The van der Waals surface area contributed by atoms with E-state index in [2.05, 4.69) is 16.8 Å². The van der Waals surface area contributed by atoms with Crippen molar-refractivity contribution >= 4 is 17.9 Å². The Morgan fingerprint density at radius 1 is 1.13 bits per heavy atom. The molecule has 2 aromatic rings. The maximum Gasteiger partial charge on any atom is 0.268 e. The molecule has 1 aliphatic heterocycles. The molecular formula is C24H22N2O5. The van der Waals surface area contributed by atoms with Crippen LogP contribution in [0.2, 0.25) is 0 Å². The van der Waals surface area contributed by atoms with Crippen LogP contribution < -0.4 is 14.2 Å². The van der Waals surface area contributed by atoms with Gasteiger partial charge in [-0.3, -0.25) is 19.5 Å². The normalized spacial score (nSPS) is 13.3. The molecule has 0 bridgehead atoms. The number of hydrogen-bond donors (Lipinski definition) is 0. The second-order valence-corrected chi connectivity index (χ2v) is 6.49. The molecule has 0 aliphatic carbocycles. The van der Waals surface area contributed by atoms with Crippen LogP contribution in [0.15, 0.2) is 54.4 Å². The minimum absolute atomic E-state index is 0.296. The van der Waals surface area contributed by atoms with Crippen molar-refractivity contribution in [2.45, 2.75) is 6.42 Å². The molecule has 0 saturated carbocycles. The number of ether oxygens (including phenoxy) is 3. The Morgan fingerprint density at radius 3 is 2.48 bits per heavy atom. The molecule has 2 amide bonds. The largest absolute Gasteiger partial charge is 0.493 e. The number of amides is 2. The monoisotopic (exact) mass is 418 g/mol. The van der Waals surface area contributed by atoms with Gasteiger partial charge in [0.1, 0.15) is 0 Å². The molecule has 7 nitrogen and oxygen atoms in total. The van der Waals surface area contributed by atoms with Crippen LogP contribution in [0.3, 0.4) is 0 Å². The number of hydrogen-bond acceptors (Lipinski definition) is 6. The lowest BCUT2D eigenvalue weighted by Crippen LogP contribution is -2.39. The van der Waals surface area contributed by atoms with E-state index in [1.807, 2.05) is 0 Å². The number of benzene rings is 1. The molecule has 1 aromatic heterocycles. The number of rotatable bonds is 5. The Kier molecular flexibility index (Phi) is 7.07. The molecule has 0 unspecified atom stereocenters. The predicted molar refractivity (Wildman–Crippen MR) is 116 cm³/mol. The number of carbonyl (C=O) groups is 2. The summed E-state index contributed by atoms with van der Waals surface area (Å²) in [5, 5.41) is 0. The Morgan fingerprint density at radius 2 is 1.87 bits per heavy atom. The van der Waals surface area contributed by atoms with E-state index in [4.69, 9.17) is 14.2 Å². The first-order valence-electron chi connectivity index (χ1n) is 9.53. The number of carbonyl (C=O) groups excluding carboxylic acids is 2. The van der Waals surface area contributed by atoms with Gasteiger partial charge >= 0.3 is 0 Å². The molecule has 7 heteroatoms. The van der Waals surface area contributed by atoms with E-state index in [0.29, 0.717) is 46.9 Å². The summed E-state index contributed by atoms with van der Waals surface area (Å²) in [4.78, 5) is 30.6. The summed E-state index contributed by atoms with van der Waals surface area (Å²) < 4.78 is 15.9. The van der Waals surface area contributed by atoms with E-state index < -0.39 is 11.8 Å². The summed E-state index contributed by atoms with van der Waals surface area (Å²) in [7, 11) is 4.55. The first kappa shape index (κ1) is 21.7. The van der Waals surface area contributed by atoms with Gasteiger partial charge in [0.05, 0.1) is 26.9 Å². The first-order chi connectivity index (χ1) is 15.1. The quantitative estimate of drug-likeness (QED) is 0.549. The molecule has 1 aromatic carbocycles. The number of pyridine rings is 1. The van der Waals surface area contributed by atoms with Gasteiger partial charge in [-0.25, -0.2) is 0 Å². The van der Waals surface area contributed by atoms with Crippen molar-refractivity contribution in [2.24, 2.45) is 0 Å². The topological polar surface area (TPSA) is 78.0 Å². The Hall–Kier alpha value is -4.05. The lowest BCUT2D eigenvalue weighted by Gasteiger charge is -2.22. The lowest BCUT2D eigenvalue weighted by molar-refractivity contribution is -0.139. The van der Waals surface area contributed by atoms with Crippen molar-refractivity contribution in [3.05, 3.63) is 65.5 Å². The highest BCUT2D eigenvalue weighted by atomic mass is 16.5. The Balaban J connectivity index is 1.76. The number of aromatic nitrogens is 1. The minimum atomic E-state index is -0.424. The molecule has 31 heavy (non-hydrogen) atoms. The van der Waals surface area contributed by atoms with Crippen LogP contribution in [0.5, 0.6) is 17.2 Å². The molecule has 158 valence electrons. The van der Waals surface area contributed by atoms with Gasteiger partial charge in [0.25, 0.3) is 11.8 Å². The highest BCUT2D eigenvalue weighted by Gasteiger charge is 2.25. The standard InChI is InChI=1S/C24H22N2O5/c1-29-20-14-18(15-21(30-2)23(20)31-3)9-11-22(27)26-13-5-7-19(24(26)28)10-8-17-6-4-12-25-16-17/h4,6-7,9,11-12,14-16H,5,13H2,1-3H3/b11-9+. The van der Waals surface area contributed by atoms with Crippen LogP contribution in [0.25, 0.3) is 6.08 Å². The van der Waals surface area contributed by atoms with Gasteiger partial charge in [-0.2, -0.15) is 0 Å². The van der Waals surface area contributed by atoms with Gasteiger partial charge in [-0.15, -0.1) is 0 Å². The van der Waals surface area contributed by atoms with Gasteiger partial charge in [0.2, 0.25) is 5.75 Å². The second-order valence-electron chi connectivity index (χ2n) is 6.49. The molecule has 0 atom stereocenters. The summed E-state index contributed by atoms with van der Waals surface area (Å²) >= 11 is 0. The van der Waals surface area contributed by atoms with E-state index in [-0.39, 0.29) is 0 Å². The average molecular weight is 418 g/mol. The van der Waals surface area contributed by atoms with Crippen LogP contribution >= 0.6 is 0 Å². The van der Waals surface area contributed by atoms with Crippen LogP contribution in [-0.2, 0) is 9.59 Å². The summed E-state index contributed by atoms with van der Waals surface area (Å²) in [6.07, 6.45) is 8.50. The maximum atomic E-state index is 12.7. The van der Waals surface area contributed by atoms with Crippen LogP contribution in [0.4, 0.5) is 0 Å². The molecule has 2 heterocycles. The number of imide groups is 1. The maximum absolute atomic E-state index is 12.7. The third kappa shape index (κ3) is 5.11. The van der Waals surface area contributed by atoms with Crippen molar-refractivity contribution in [1.29, 1.82) is 0 Å².